The lowest BCUT2D eigenvalue weighted by atomic mass is 10.0. The van der Waals surface area contributed by atoms with Crippen LogP contribution in [-0.4, -0.2) is 47.1 Å². The first kappa shape index (κ1) is 19.2. The Bertz CT molecular complexity index is 871. The fraction of sp³-hybridized carbons (Fsp3) is 0.588. The van der Waals surface area contributed by atoms with E-state index in [0.717, 1.165) is 37.4 Å². The molecular weight excluding hydrogens is 372 g/mol. The highest BCUT2D eigenvalue weighted by Crippen LogP contribution is 2.22. The minimum Gasteiger partial charge on any atom is -0.341 e. The number of carbonyl (C=O) groups excluding carboxylic acids is 1. The van der Waals surface area contributed by atoms with Crippen LogP contribution in [0.15, 0.2) is 23.1 Å². The lowest BCUT2D eigenvalue weighted by Gasteiger charge is -2.28. The fourth-order valence-corrected chi connectivity index (χ4v) is 5.29. The third-order valence-electron chi connectivity index (χ3n) is 4.67. The number of nitrogens with zero attached hydrogens (tertiary/aromatic N) is 3. The van der Waals surface area contributed by atoms with Crippen molar-refractivity contribution in [1.82, 2.24) is 18.4 Å². The Morgan fingerprint density at radius 3 is 2.50 bits per heavy atom. The van der Waals surface area contributed by atoms with Crippen molar-refractivity contribution in [3.05, 3.63) is 18.2 Å². The number of amides is 1. The van der Waals surface area contributed by atoms with Gasteiger partial charge in [-0.25, -0.2) is 8.42 Å². The number of benzene rings is 1. The molecule has 2 aromatic rings. The molecule has 1 amide bonds. The Morgan fingerprint density at radius 2 is 1.85 bits per heavy atom. The van der Waals surface area contributed by atoms with Gasteiger partial charge in [0.25, 0.3) is 0 Å². The Labute approximate surface area is 158 Å². The molecule has 0 bridgehead atoms. The molecule has 1 N–H and O–H groups in total. The average molecular weight is 397 g/mol. The highest BCUT2D eigenvalue weighted by atomic mass is 32.2. The topological polar surface area (TPSA) is 92.3 Å². The zero-order chi connectivity index (χ0) is 18.7. The lowest BCUT2D eigenvalue weighted by molar-refractivity contribution is -0.134. The molecule has 0 radical (unpaired) electrons. The summed E-state index contributed by atoms with van der Waals surface area (Å²) in [7, 11) is -3.89. The summed E-state index contributed by atoms with van der Waals surface area (Å²) in [6, 6.07) is 4.07. The molecule has 1 aliphatic rings. The van der Waals surface area contributed by atoms with Crippen LogP contribution < -0.4 is 4.72 Å². The van der Waals surface area contributed by atoms with Gasteiger partial charge in [0.1, 0.15) is 22.0 Å². The molecular formula is C17H24N4O3S2. The van der Waals surface area contributed by atoms with E-state index in [1.54, 1.807) is 17.0 Å². The molecule has 142 valence electrons. The van der Waals surface area contributed by atoms with Crippen LogP contribution in [0.5, 0.6) is 0 Å². The molecule has 1 unspecified atom stereocenters. The van der Waals surface area contributed by atoms with Crippen molar-refractivity contribution in [2.45, 2.75) is 50.5 Å². The van der Waals surface area contributed by atoms with Crippen LogP contribution in [0, 0.1) is 5.92 Å². The Balaban J connectivity index is 1.87. The van der Waals surface area contributed by atoms with Crippen molar-refractivity contribution in [2.75, 3.05) is 13.1 Å². The molecule has 7 nitrogen and oxygen atoms in total. The predicted octanol–water partition coefficient (Wildman–Crippen LogP) is 2.40. The van der Waals surface area contributed by atoms with E-state index in [4.69, 9.17) is 0 Å². The molecule has 1 saturated heterocycles. The summed E-state index contributed by atoms with van der Waals surface area (Å²) in [5, 5.41) is 0. The molecule has 1 atom stereocenters. The van der Waals surface area contributed by atoms with Crippen molar-refractivity contribution < 1.29 is 13.2 Å². The molecule has 1 aromatic carbocycles. The molecule has 1 aromatic heterocycles. The summed E-state index contributed by atoms with van der Waals surface area (Å²) in [6.07, 6.45) is 4.15. The molecule has 0 spiro atoms. The lowest BCUT2D eigenvalue weighted by Crippen LogP contribution is -2.51. The van der Waals surface area contributed by atoms with Crippen LogP contribution in [0.1, 0.15) is 39.5 Å². The number of fused-ring (bicyclic) bond motifs is 1. The van der Waals surface area contributed by atoms with E-state index in [1.165, 1.54) is 6.07 Å². The number of hydrogen-bond acceptors (Lipinski definition) is 6. The third kappa shape index (κ3) is 4.05. The van der Waals surface area contributed by atoms with Crippen molar-refractivity contribution in [2.24, 2.45) is 5.92 Å². The first-order valence-electron chi connectivity index (χ1n) is 8.92. The van der Waals surface area contributed by atoms with Gasteiger partial charge in [0, 0.05) is 13.1 Å². The summed E-state index contributed by atoms with van der Waals surface area (Å²) in [5.74, 6) is -0.303. The van der Waals surface area contributed by atoms with Gasteiger partial charge in [-0.15, -0.1) is 0 Å². The van der Waals surface area contributed by atoms with Crippen molar-refractivity contribution in [1.29, 1.82) is 0 Å². The number of likely N-dealkylation sites (tertiary alicyclic amines) is 1. The van der Waals surface area contributed by atoms with Crippen LogP contribution in [0.25, 0.3) is 11.0 Å². The maximum absolute atomic E-state index is 13.0. The summed E-state index contributed by atoms with van der Waals surface area (Å²) in [6.45, 7) is 5.09. The van der Waals surface area contributed by atoms with Gasteiger partial charge in [0.2, 0.25) is 15.9 Å². The van der Waals surface area contributed by atoms with Crippen LogP contribution in [0.2, 0.25) is 0 Å². The second-order valence-electron chi connectivity index (χ2n) is 6.97. The van der Waals surface area contributed by atoms with E-state index in [0.29, 0.717) is 24.1 Å². The van der Waals surface area contributed by atoms with Crippen LogP contribution in [0.3, 0.4) is 0 Å². The summed E-state index contributed by atoms with van der Waals surface area (Å²) in [5.41, 5.74) is 0.882. The molecule has 3 rings (SSSR count). The van der Waals surface area contributed by atoms with Gasteiger partial charge in [0.15, 0.2) is 0 Å². The van der Waals surface area contributed by atoms with E-state index < -0.39 is 16.1 Å². The van der Waals surface area contributed by atoms with Crippen molar-refractivity contribution >= 4 is 38.7 Å². The monoisotopic (exact) mass is 396 g/mol. The Hall–Kier alpha value is -1.58. The van der Waals surface area contributed by atoms with Gasteiger partial charge in [-0.05, 0) is 30.9 Å². The molecule has 2 heterocycles. The quantitative estimate of drug-likeness (QED) is 0.838. The standard InChI is InChI=1S/C17H24N4O3S2/c1-12(2)15(17(22)21-10-5-3-4-6-11-21)20-26(23,24)14-9-7-8-13-16(14)19-25-18-13/h7-9,12,15,20H,3-6,10-11H2,1-2H3. The van der Waals surface area contributed by atoms with Gasteiger partial charge >= 0.3 is 0 Å². The van der Waals surface area contributed by atoms with E-state index in [9.17, 15) is 13.2 Å². The average Bonchev–Trinajstić information content (AvgIpc) is 2.92. The van der Waals surface area contributed by atoms with Gasteiger partial charge in [-0.3, -0.25) is 4.79 Å². The normalized spacial score (nSPS) is 17.4. The molecule has 0 saturated carbocycles. The second kappa shape index (κ2) is 7.98. The van der Waals surface area contributed by atoms with E-state index >= 15 is 0 Å². The van der Waals surface area contributed by atoms with E-state index in [2.05, 4.69) is 13.5 Å². The highest BCUT2D eigenvalue weighted by Gasteiger charge is 2.32. The fourth-order valence-electron chi connectivity index (χ4n) is 3.19. The van der Waals surface area contributed by atoms with Crippen molar-refractivity contribution in [3.63, 3.8) is 0 Å². The van der Waals surface area contributed by atoms with E-state index in [-0.39, 0.29) is 16.7 Å². The number of rotatable bonds is 5. The molecule has 9 heteroatoms. The second-order valence-corrected chi connectivity index (χ2v) is 9.18. The summed E-state index contributed by atoms with van der Waals surface area (Å²) < 4.78 is 36.8. The maximum Gasteiger partial charge on any atom is 0.243 e. The minimum atomic E-state index is -3.89. The first-order valence-corrected chi connectivity index (χ1v) is 11.1. The van der Waals surface area contributed by atoms with Gasteiger partial charge in [-0.2, -0.15) is 13.5 Å². The number of aromatic nitrogens is 2. The third-order valence-corrected chi connectivity index (χ3v) is 6.69. The molecule has 26 heavy (non-hydrogen) atoms. The molecule has 0 aliphatic carbocycles. The van der Waals surface area contributed by atoms with Crippen molar-refractivity contribution in [3.8, 4) is 0 Å². The number of carbonyl (C=O) groups is 1. The van der Waals surface area contributed by atoms with Crippen LogP contribution >= 0.6 is 11.7 Å². The predicted molar refractivity (Wildman–Crippen MR) is 101 cm³/mol. The zero-order valence-electron chi connectivity index (χ0n) is 15.0. The summed E-state index contributed by atoms with van der Waals surface area (Å²) >= 11 is 0.972. The SMILES string of the molecule is CC(C)C(NS(=O)(=O)c1cccc2nsnc12)C(=O)N1CCCCCC1. The molecule has 1 fully saturated rings. The number of nitrogens with one attached hydrogen (secondary N) is 1. The van der Waals surface area contributed by atoms with Gasteiger partial charge < -0.3 is 4.90 Å². The van der Waals surface area contributed by atoms with Gasteiger partial charge in [0.05, 0.1) is 11.7 Å². The summed E-state index contributed by atoms with van der Waals surface area (Å²) in [4.78, 5) is 14.9. The zero-order valence-corrected chi connectivity index (χ0v) is 16.6. The first-order chi connectivity index (χ1) is 12.4. The van der Waals surface area contributed by atoms with Crippen LogP contribution in [-0.2, 0) is 14.8 Å². The Morgan fingerprint density at radius 1 is 1.15 bits per heavy atom. The number of hydrogen-bond donors (Lipinski definition) is 1. The van der Waals surface area contributed by atoms with Gasteiger partial charge in [-0.1, -0.05) is 32.8 Å². The largest absolute Gasteiger partial charge is 0.341 e. The number of sulfonamides is 1. The van der Waals surface area contributed by atoms with E-state index in [1.807, 2.05) is 13.8 Å². The van der Waals surface area contributed by atoms with Crippen LogP contribution in [0.4, 0.5) is 0 Å². The maximum atomic E-state index is 13.0. The Kier molecular flexibility index (Phi) is 5.89. The minimum absolute atomic E-state index is 0.0677. The molecule has 1 aliphatic heterocycles. The smallest absolute Gasteiger partial charge is 0.243 e. The highest BCUT2D eigenvalue weighted by molar-refractivity contribution is 7.89.